The number of esters is 2. The van der Waals surface area contributed by atoms with Crippen molar-refractivity contribution >= 4 is 17.8 Å². The quantitative estimate of drug-likeness (QED) is 0.178. The second-order valence-electron chi connectivity index (χ2n) is 15.0. The van der Waals surface area contributed by atoms with Gasteiger partial charge in [-0.25, -0.2) is 9.59 Å². The van der Waals surface area contributed by atoms with Gasteiger partial charge in [0.15, 0.2) is 5.60 Å². The number of amides is 1. The molecule has 1 amide bonds. The summed E-state index contributed by atoms with van der Waals surface area (Å²) in [5.74, 6) is -3.74. The molecule has 0 saturated carbocycles. The molecule has 1 fully saturated rings. The Kier molecular flexibility index (Phi) is 12.3. The lowest BCUT2D eigenvalue weighted by molar-refractivity contribution is -0.289. The molecule has 13 nitrogen and oxygen atoms in total. The molecular weight excluding hydrogens is 708 g/mol. The van der Waals surface area contributed by atoms with Crippen molar-refractivity contribution in [1.82, 2.24) is 5.32 Å². The zero-order valence-electron chi connectivity index (χ0n) is 33.2. The molecule has 3 aromatic carbocycles. The zero-order valence-corrected chi connectivity index (χ0v) is 33.2. The smallest absolute Gasteiger partial charge is 0.379 e. The lowest BCUT2D eigenvalue weighted by Crippen LogP contribution is -2.69. The monoisotopic (exact) mass is 762 g/mol. The van der Waals surface area contributed by atoms with Gasteiger partial charge in [-0.1, -0.05) is 45.9 Å². The van der Waals surface area contributed by atoms with Gasteiger partial charge in [0.05, 0.1) is 37.3 Å². The first-order valence-electron chi connectivity index (χ1n) is 18.5. The van der Waals surface area contributed by atoms with Crippen LogP contribution in [0.3, 0.4) is 0 Å². The third-order valence-corrected chi connectivity index (χ3v) is 10.7. The molecule has 5 rings (SSSR count). The number of ether oxygens (including phenoxy) is 6. The summed E-state index contributed by atoms with van der Waals surface area (Å²) in [6, 6.07) is 13.7. The molecule has 0 radical (unpaired) electrons. The van der Waals surface area contributed by atoms with Gasteiger partial charge < -0.3 is 49.7 Å². The number of benzene rings is 3. The van der Waals surface area contributed by atoms with Crippen LogP contribution in [-0.2, 0) is 38.9 Å². The summed E-state index contributed by atoms with van der Waals surface area (Å²) in [5, 5.41) is 24.7. The average molecular weight is 763 g/mol. The van der Waals surface area contributed by atoms with Crippen LogP contribution < -0.4 is 15.8 Å². The van der Waals surface area contributed by atoms with E-state index in [1.165, 1.54) is 28.3 Å². The fourth-order valence-electron chi connectivity index (χ4n) is 8.00. The minimum Gasteiger partial charge on any atom is -0.508 e. The van der Waals surface area contributed by atoms with E-state index in [0.717, 1.165) is 5.56 Å². The van der Waals surface area contributed by atoms with E-state index in [1.54, 1.807) is 24.3 Å². The van der Waals surface area contributed by atoms with E-state index in [-0.39, 0.29) is 36.3 Å². The first-order chi connectivity index (χ1) is 26.0. The Morgan fingerprint density at radius 3 is 2.15 bits per heavy atom. The van der Waals surface area contributed by atoms with E-state index in [2.05, 4.69) is 5.32 Å². The van der Waals surface area contributed by atoms with Gasteiger partial charge in [-0.2, -0.15) is 0 Å². The predicted octanol–water partition coefficient (Wildman–Crippen LogP) is 4.61. The molecule has 0 spiro atoms. The van der Waals surface area contributed by atoms with E-state index >= 15 is 0 Å². The number of aliphatic hydroxyl groups is 1. The molecule has 7 atom stereocenters. The lowest BCUT2D eigenvalue weighted by atomic mass is 9.74. The zero-order chi connectivity index (χ0) is 40.6. The van der Waals surface area contributed by atoms with Gasteiger partial charge in [-0.3, -0.25) is 4.79 Å². The molecule has 13 heteroatoms. The van der Waals surface area contributed by atoms with Crippen LogP contribution in [0.15, 0.2) is 48.5 Å². The normalized spacial score (nSPS) is 24.6. The van der Waals surface area contributed by atoms with Crippen LogP contribution in [0.5, 0.6) is 11.5 Å². The third-order valence-electron chi connectivity index (χ3n) is 10.7. The van der Waals surface area contributed by atoms with Crippen LogP contribution >= 0.6 is 0 Å². The molecule has 0 aromatic heterocycles. The molecular formula is C42H54N2O11. The number of nitrogens with two attached hydrogens (primary N) is 1. The Balaban J connectivity index is 1.75. The standard InChI is InChI=1S/C42H54N2O11/c1-21(2)27-17-30(23(5)15-32(27)46)42(29-14-12-11-13-26(29)39(48)55-42)31-18-28(22(3)4)34(16-24(31)6)53-41(40(49)52-10)19-35(50-8)36(44-25(7)45)38(54-41)37(51-9)33(47)20-43/h11-18,21-22,33,35-38,46-47H,19-20,43H2,1-10H3,(H,44,45)/t33-,35-,36+,37-,38?,41+,42?/m0/s1. The number of methoxy groups -OCH3 is 3. The number of aliphatic hydroxyl groups excluding tert-OH is 1. The number of phenolic OH excluding ortho intramolecular Hbond substituents is 1. The molecule has 0 bridgehead atoms. The third kappa shape index (κ3) is 7.43. The van der Waals surface area contributed by atoms with Crippen molar-refractivity contribution in [2.45, 2.75) is 109 Å². The molecule has 2 heterocycles. The highest BCUT2D eigenvalue weighted by molar-refractivity contribution is 5.96. The van der Waals surface area contributed by atoms with Gasteiger partial charge >= 0.3 is 17.7 Å². The number of fused-ring (bicyclic) bond motifs is 1. The second-order valence-corrected chi connectivity index (χ2v) is 15.0. The number of carbonyl (C=O) groups excluding carboxylic acids is 3. The van der Waals surface area contributed by atoms with E-state index < -0.39 is 59.7 Å². The van der Waals surface area contributed by atoms with Crippen LogP contribution in [0.1, 0.15) is 102 Å². The van der Waals surface area contributed by atoms with Crippen molar-refractivity contribution in [3.8, 4) is 11.5 Å². The van der Waals surface area contributed by atoms with E-state index in [1.807, 2.05) is 65.8 Å². The van der Waals surface area contributed by atoms with Crippen molar-refractivity contribution < 1.29 is 53.0 Å². The fraction of sp³-hybridized carbons (Fsp3) is 0.500. The van der Waals surface area contributed by atoms with Gasteiger partial charge in [-0.15, -0.1) is 0 Å². The first-order valence-corrected chi connectivity index (χ1v) is 18.5. The molecule has 2 unspecified atom stereocenters. The lowest BCUT2D eigenvalue weighted by Gasteiger charge is -2.48. The number of nitrogens with one attached hydrogen (secondary N) is 1. The van der Waals surface area contributed by atoms with Crippen molar-refractivity contribution in [1.29, 1.82) is 0 Å². The summed E-state index contributed by atoms with van der Waals surface area (Å²) in [5.41, 5.74) is 9.57. The maximum absolute atomic E-state index is 14.0. The van der Waals surface area contributed by atoms with Crippen LogP contribution in [0, 0.1) is 13.8 Å². The Morgan fingerprint density at radius 2 is 1.58 bits per heavy atom. The largest absolute Gasteiger partial charge is 0.508 e. The predicted molar refractivity (Wildman–Crippen MR) is 203 cm³/mol. The number of phenols is 1. The molecule has 55 heavy (non-hydrogen) atoms. The summed E-state index contributed by atoms with van der Waals surface area (Å²) in [4.78, 5) is 40.1. The van der Waals surface area contributed by atoms with Crippen molar-refractivity contribution in [2.75, 3.05) is 27.9 Å². The highest BCUT2D eigenvalue weighted by Gasteiger charge is 2.58. The topological polar surface area (TPSA) is 185 Å². The second kappa shape index (κ2) is 16.3. The first kappa shape index (κ1) is 41.6. The van der Waals surface area contributed by atoms with Crippen molar-refractivity contribution in [2.24, 2.45) is 5.73 Å². The molecule has 298 valence electrons. The number of hydrogen-bond acceptors (Lipinski definition) is 12. The highest BCUT2D eigenvalue weighted by Crippen LogP contribution is 2.52. The minimum absolute atomic E-state index is 0.0366. The van der Waals surface area contributed by atoms with Crippen LogP contribution in [0.25, 0.3) is 0 Å². The van der Waals surface area contributed by atoms with Gasteiger partial charge in [0.1, 0.15) is 23.7 Å². The molecule has 1 saturated heterocycles. The number of aryl methyl sites for hydroxylation is 2. The Labute approximate surface area is 322 Å². The molecule has 5 N–H and O–H groups in total. The summed E-state index contributed by atoms with van der Waals surface area (Å²) in [6.07, 6.45) is -4.67. The minimum atomic E-state index is -2.15. The Bertz CT molecular complexity index is 1930. The molecule has 2 aliphatic rings. The van der Waals surface area contributed by atoms with Crippen LogP contribution in [0.2, 0.25) is 0 Å². The van der Waals surface area contributed by atoms with Crippen LogP contribution in [-0.4, -0.2) is 92.2 Å². The summed E-state index contributed by atoms with van der Waals surface area (Å²) in [6.45, 7) is 12.8. The van der Waals surface area contributed by atoms with Gasteiger partial charge in [0, 0.05) is 44.4 Å². The van der Waals surface area contributed by atoms with Crippen molar-refractivity contribution in [3.05, 3.63) is 93.0 Å². The van der Waals surface area contributed by atoms with E-state index in [0.29, 0.717) is 38.9 Å². The number of rotatable bonds is 13. The Morgan fingerprint density at radius 1 is 0.964 bits per heavy atom. The van der Waals surface area contributed by atoms with E-state index in [9.17, 15) is 24.6 Å². The molecule has 0 aliphatic carbocycles. The summed E-state index contributed by atoms with van der Waals surface area (Å²) in [7, 11) is 3.99. The Hall–Kier alpha value is -4.53. The van der Waals surface area contributed by atoms with Gasteiger partial charge in [-0.05, 0) is 78.3 Å². The SMILES string of the molecule is COC(=O)[C@@]1(Oc2cc(C)c(C3(c4cc(C(C)C)c(O)cc4C)OC(=O)c4ccccc43)cc2C(C)C)C[C@H](OC)[C@@H](NC(C)=O)C([C@@H](OC)[C@@H](O)CN)O1. The van der Waals surface area contributed by atoms with Gasteiger partial charge in [0.25, 0.3) is 0 Å². The van der Waals surface area contributed by atoms with Gasteiger partial charge in [0.2, 0.25) is 5.91 Å². The number of cyclic esters (lactones) is 1. The molecule has 2 aliphatic heterocycles. The van der Waals surface area contributed by atoms with Crippen molar-refractivity contribution in [3.63, 3.8) is 0 Å². The maximum atomic E-state index is 14.0. The summed E-state index contributed by atoms with van der Waals surface area (Å²) < 4.78 is 36.6. The molecule has 3 aromatic rings. The van der Waals surface area contributed by atoms with Crippen LogP contribution in [0.4, 0.5) is 0 Å². The fourth-order valence-corrected chi connectivity index (χ4v) is 8.00. The number of carbonyl (C=O) groups is 3. The maximum Gasteiger partial charge on any atom is 0.379 e. The van der Waals surface area contributed by atoms with E-state index in [4.69, 9.17) is 34.2 Å². The summed E-state index contributed by atoms with van der Waals surface area (Å²) >= 11 is 0. The highest BCUT2D eigenvalue weighted by atomic mass is 16.7. The number of aromatic hydroxyl groups is 1. The average Bonchev–Trinajstić information content (AvgIpc) is 3.43. The number of hydrogen-bond donors (Lipinski definition) is 4.